The molecule has 0 heterocycles. The van der Waals surface area contributed by atoms with Crippen LogP contribution < -0.4 is 0 Å². The van der Waals surface area contributed by atoms with Crippen molar-refractivity contribution in [3.05, 3.63) is 6.92 Å². The van der Waals surface area contributed by atoms with Gasteiger partial charge in [-0.3, -0.25) is 4.90 Å². The van der Waals surface area contributed by atoms with Gasteiger partial charge in [-0.15, -0.1) is 0 Å². The van der Waals surface area contributed by atoms with E-state index in [9.17, 15) is 0 Å². The van der Waals surface area contributed by atoms with E-state index in [-0.39, 0.29) is 0 Å². The third-order valence-corrected chi connectivity index (χ3v) is 5.35. The van der Waals surface area contributed by atoms with E-state index in [2.05, 4.69) is 11.8 Å². The highest BCUT2D eigenvalue weighted by Crippen LogP contribution is 2.21. The first-order valence-corrected chi connectivity index (χ1v) is 10.1. The second kappa shape index (κ2) is 12.3. The van der Waals surface area contributed by atoms with Gasteiger partial charge in [0.1, 0.15) is 0 Å². The van der Waals surface area contributed by atoms with E-state index in [1.807, 2.05) is 0 Å². The average molecular weight is 325 g/mol. The smallest absolute Gasteiger partial charge is 0.0597 e. The summed E-state index contributed by atoms with van der Waals surface area (Å²) in [6.45, 7) is 8.96. The van der Waals surface area contributed by atoms with Crippen molar-refractivity contribution in [3.8, 4) is 0 Å². The van der Waals surface area contributed by atoms with Crippen molar-refractivity contribution in [2.24, 2.45) is 0 Å². The highest BCUT2D eigenvalue weighted by molar-refractivity contribution is 4.67. The van der Waals surface area contributed by atoms with Crippen LogP contribution in [0, 0.1) is 6.92 Å². The minimum atomic E-state index is 0.525. The van der Waals surface area contributed by atoms with Gasteiger partial charge in [-0.1, -0.05) is 51.9 Å². The normalized spacial score (nSPS) is 21.1. The molecule has 0 bridgehead atoms. The summed E-state index contributed by atoms with van der Waals surface area (Å²) in [6.07, 6.45) is 16.5. The van der Waals surface area contributed by atoms with Crippen molar-refractivity contribution in [2.75, 3.05) is 32.8 Å². The van der Waals surface area contributed by atoms with Crippen molar-refractivity contribution >= 4 is 0 Å². The fourth-order valence-corrected chi connectivity index (χ4v) is 3.83. The second-order valence-corrected chi connectivity index (χ2v) is 7.31. The highest BCUT2D eigenvalue weighted by atomic mass is 16.5. The maximum absolute atomic E-state index is 6.09. The molecule has 0 amide bonds. The van der Waals surface area contributed by atoms with Gasteiger partial charge in [-0.05, 0) is 38.6 Å². The van der Waals surface area contributed by atoms with Crippen LogP contribution in [0.4, 0.5) is 0 Å². The zero-order valence-electron chi connectivity index (χ0n) is 15.1. The van der Waals surface area contributed by atoms with E-state index in [1.54, 1.807) is 0 Å². The van der Waals surface area contributed by atoms with Crippen LogP contribution in [0.2, 0.25) is 0 Å². The Hall–Kier alpha value is -0.120. The van der Waals surface area contributed by atoms with Crippen LogP contribution in [0.3, 0.4) is 0 Å². The minimum Gasteiger partial charge on any atom is -0.377 e. The Labute approximate surface area is 144 Å². The van der Waals surface area contributed by atoms with Gasteiger partial charge in [0.2, 0.25) is 0 Å². The summed E-state index contributed by atoms with van der Waals surface area (Å²) in [4.78, 5) is 2.51. The number of hydrogen-bond donors (Lipinski definition) is 0. The molecule has 2 rings (SSSR count). The highest BCUT2D eigenvalue weighted by Gasteiger charge is 2.16. The SMILES string of the molecule is [CH2]CCCN(CCOC1CCCCC1)CCOC1CCCCC1. The molecule has 2 saturated carbocycles. The molecule has 3 nitrogen and oxygen atoms in total. The lowest BCUT2D eigenvalue weighted by atomic mass is 9.98. The average Bonchev–Trinajstić information content (AvgIpc) is 2.61. The molecule has 2 fully saturated rings. The molecule has 0 aromatic heterocycles. The fraction of sp³-hybridized carbons (Fsp3) is 0.950. The van der Waals surface area contributed by atoms with E-state index in [4.69, 9.17) is 9.47 Å². The Morgan fingerprint density at radius 3 is 1.61 bits per heavy atom. The lowest BCUT2D eigenvalue weighted by molar-refractivity contribution is -0.00278. The molecule has 0 N–H and O–H groups in total. The molecule has 0 aromatic rings. The largest absolute Gasteiger partial charge is 0.377 e. The van der Waals surface area contributed by atoms with Crippen molar-refractivity contribution in [3.63, 3.8) is 0 Å². The third-order valence-electron chi connectivity index (χ3n) is 5.35. The molecule has 0 unspecified atom stereocenters. The molecule has 23 heavy (non-hydrogen) atoms. The molecule has 2 aliphatic rings. The molecule has 0 saturated heterocycles. The van der Waals surface area contributed by atoms with E-state index < -0.39 is 0 Å². The van der Waals surface area contributed by atoms with Crippen molar-refractivity contribution in [2.45, 2.75) is 89.3 Å². The maximum atomic E-state index is 6.09. The number of unbranched alkanes of at least 4 members (excludes halogenated alkanes) is 1. The molecule has 1 radical (unpaired) electrons. The molecular weight excluding hydrogens is 286 g/mol. The van der Waals surface area contributed by atoms with Gasteiger partial charge in [0.25, 0.3) is 0 Å². The molecule has 135 valence electrons. The summed E-state index contributed by atoms with van der Waals surface area (Å²) in [5.41, 5.74) is 0. The number of hydrogen-bond acceptors (Lipinski definition) is 3. The second-order valence-electron chi connectivity index (χ2n) is 7.31. The Kier molecular flexibility index (Phi) is 10.2. The maximum Gasteiger partial charge on any atom is 0.0597 e. The van der Waals surface area contributed by atoms with Crippen LogP contribution >= 0.6 is 0 Å². The summed E-state index contributed by atoms with van der Waals surface area (Å²) < 4.78 is 12.2. The van der Waals surface area contributed by atoms with E-state index in [1.165, 1.54) is 70.6 Å². The Morgan fingerprint density at radius 1 is 0.696 bits per heavy atom. The van der Waals surface area contributed by atoms with Crippen LogP contribution in [0.25, 0.3) is 0 Å². The Balaban J connectivity index is 1.57. The lowest BCUT2D eigenvalue weighted by Gasteiger charge is -2.27. The molecule has 0 spiro atoms. The zero-order valence-corrected chi connectivity index (χ0v) is 15.1. The number of nitrogens with zero attached hydrogens (tertiary/aromatic N) is 1. The molecule has 3 heteroatoms. The van der Waals surface area contributed by atoms with Gasteiger partial charge in [-0.2, -0.15) is 0 Å². The quantitative estimate of drug-likeness (QED) is 0.554. The number of rotatable bonds is 11. The topological polar surface area (TPSA) is 21.7 Å². The van der Waals surface area contributed by atoms with Crippen molar-refractivity contribution in [1.29, 1.82) is 0 Å². The van der Waals surface area contributed by atoms with Crippen LogP contribution in [-0.4, -0.2) is 50.0 Å². The summed E-state index contributed by atoms with van der Waals surface area (Å²) in [6, 6.07) is 0. The van der Waals surface area contributed by atoms with Gasteiger partial charge in [0.15, 0.2) is 0 Å². The first-order valence-electron chi connectivity index (χ1n) is 10.1. The standard InChI is InChI=1S/C20H38NO2/c1-2-3-14-21(15-17-22-19-10-6-4-7-11-19)16-18-23-20-12-8-5-9-13-20/h19-20H,1-18H2. The predicted molar refractivity (Wildman–Crippen MR) is 96.7 cm³/mol. The molecular formula is C20H38NO2. The lowest BCUT2D eigenvalue weighted by Crippen LogP contribution is -2.34. The van der Waals surface area contributed by atoms with Gasteiger partial charge in [-0.25, -0.2) is 0 Å². The predicted octanol–water partition coefficient (Wildman–Crippen LogP) is 4.60. The van der Waals surface area contributed by atoms with Crippen LogP contribution in [0.5, 0.6) is 0 Å². The fourth-order valence-electron chi connectivity index (χ4n) is 3.83. The van der Waals surface area contributed by atoms with E-state index >= 15 is 0 Å². The van der Waals surface area contributed by atoms with E-state index in [0.717, 1.165) is 39.3 Å². The first-order chi connectivity index (χ1) is 11.4. The van der Waals surface area contributed by atoms with Crippen LogP contribution in [-0.2, 0) is 9.47 Å². The van der Waals surface area contributed by atoms with E-state index in [0.29, 0.717) is 12.2 Å². The summed E-state index contributed by atoms with van der Waals surface area (Å²) in [7, 11) is 0. The molecule has 0 aliphatic heterocycles. The van der Waals surface area contributed by atoms with Crippen molar-refractivity contribution in [1.82, 2.24) is 4.90 Å². The Bertz CT molecular complexity index is 249. The van der Waals surface area contributed by atoms with Gasteiger partial charge >= 0.3 is 0 Å². The summed E-state index contributed by atoms with van der Waals surface area (Å²) in [5, 5.41) is 0. The monoisotopic (exact) mass is 324 g/mol. The minimum absolute atomic E-state index is 0.525. The molecule has 2 aliphatic carbocycles. The third kappa shape index (κ3) is 8.51. The number of ether oxygens (including phenoxy) is 2. The van der Waals surface area contributed by atoms with Crippen LogP contribution in [0.1, 0.15) is 77.0 Å². The van der Waals surface area contributed by atoms with Crippen LogP contribution in [0.15, 0.2) is 0 Å². The Morgan fingerprint density at radius 2 is 1.17 bits per heavy atom. The zero-order chi connectivity index (χ0) is 16.2. The summed E-state index contributed by atoms with van der Waals surface area (Å²) >= 11 is 0. The van der Waals surface area contributed by atoms with Gasteiger partial charge < -0.3 is 9.47 Å². The first kappa shape index (κ1) is 19.2. The van der Waals surface area contributed by atoms with Crippen molar-refractivity contribution < 1.29 is 9.47 Å². The molecule has 0 aromatic carbocycles. The van der Waals surface area contributed by atoms with Gasteiger partial charge in [0, 0.05) is 13.1 Å². The molecule has 0 atom stereocenters. The van der Waals surface area contributed by atoms with Gasteiger partial charge in [0.05, 0.1) is 25.4 Å². The summed E-state index contributed by atoms with van der Waals surface area (Å²) in [5.74, 6) is 0.